The highest BCUT2D eigenvalue weighted by atomic mass is 79.9. The average molecular weight is 374 g/mol. The highest BCUT2D eigenvalue weighted by molar-refractivity contribution is 9.10. The van der Waals surface area contributed by atoms with Gasteiger partial charge >= 0.3 is 0 Å². The molecule has 2 aromatic carbocycles. The Hall–Kier alpha value is -1.79. The van der Waals surface area contributed by atoms with E-state index in [1.165, 1.54) is 12.1 Å². The molecule has 0 fully saturated rings. The molecule has 0 saturated heterocycles. The summed E-state index contributed by atoms with van der Waals surface area (Å²) in [6.45, 7) is 0. The van der Waals surface area contributed by atoms with E-state index in [0.29, 0.717) is 20.7 Å². The van der Waals surface area contributed by atoms with Gasteiger partial charge in [-0.15, -0.1) is 0 Å². The van der Waals surface area contributed by atoms with Gasteiger partial charge in [0.2, 0.25) is 5.91 Å². The van der Waals surface area contributed by atoms with Gasteiger partial charge in [-0.05, 0) is 51.8 Å². The van der Waals surface area contributed by atoms with Crippen LogP contribution in [0, 0.1) is 5.82 Å². The number of nitrogens with two attached hydrogens (primary N) is 1. The minimum absolute atomic E-state index is 0.309. The molecule has 0 aromatic heterocycles. The number of rotatable bonds is 4. The largest absolute Gasteiger partial charge is 0.505 e. The Morgan fingerprint density at radius 3 is 2.62 bits per heavy atom. The van der Waals surface area contributed by atoms with E-state index in [4.69, 9.17) is 17.3 Å². The quantitative estimate of drug-likeness (QED) is 0.767. The number of carbonyl (C=O) groups excluding carboxylic acids is 1. The van der Waals surface area contributed by atoms with E-state index in [9.17, 15) is 14.3 Å². The number of hydrogen-bond acceptors (Lipinski definition) is 3. The first-order valence-corrected chi connectivity index (χ1v) is 7.05. The zero-order chi connectivity index (χ0) is 15.6. The Morgan fingerprint density at radius 1 is 1.33 bits per heavy atom. The number of phenols is 1. The van der Waals surface area contributed by atoms with E-state index in [1.54, 1.807) is 18.2 Å². The third-order valence-corrected chi connectivity index (χ3v) is 4.03. The smallest absolute Gasteiger partial charge is 0.244 e. The van der Waals surface area contributed by atoms with Gasteiger partial charge in [0, 0.05) is 10.2 Å². The Morgan fingerprint density at radius 2 is 2.05 bits per heavy atom. The highest BCUT2D eigenvalue weighted by Crippen LogP contribution is 2.29. The summed E-state index contributed by atoms with van der Waals surface area (Å²) < 4.78 is 14.1. The number of primary amides is 1. The second-order valence-electron chi connectivity index (χ2n) is 4.32. The molecule has 0 aliphatic rings. The van der Waals surface area contributed by atoms with Crippen LogP contribution in [0.1, 0.15) is 11.6 Å². The fraction of sp³-hybridized carbons (Fsp3) is 0.0714. The van der Waals surface area contributed by atoms with Crippen molar-refractivity contribution in [3.63, 3.8) is 0 Å². The summed E-state index contributed by atoms with van der Waals surface area (Å²) in [5.74, 6) is -1.99. The number of nitrogens with one attached hydrogen (secondary N) is 1. The first-order valence-electron chi connectivity index (χ1n) is 5.88. The molecule has 2 rings (SSSR count). The Kier molecular flexibility index (Phi) is 4.69. The van der Waals surface area contributed by atoms with Crippen molar-refractivity contribution in [2.75, 3.05) is 5.32 Å². The van der Waals surface area contributed by atoms with Crippen molar-refractivity contribution >= 4 is 39.1 Å². The molecule has 110 valence electrons. The molecule has 0 radical (unpaired) electrons. The lowest BCUT2D eigenvalue weighted by molar-refractivity contribution is -0.118. The molecule has 0 spiro atoms. The van der Waals surface area contributed by atoms with Crippen LogP contribution in [-0.4, -0.2) is 11.0 Å². The van der Waals surface area contributed by atoms with Crippen molar-refractivity contribution in [3.8, 4) is 5.75 Å². The predicted molar refractivity (Wildman–Crippen MR) is 82.8 cm³/mol. The summed E-state index contributed by atoms with van der Waals surface area (Å²) in [4.78, 5) is 11.6. The summed E-state index contributed by atoms with van der Waals surface area (Å²) in [5.41, 5.74) is 6.24. The van der Waals surface area contributed by atoms with Gasteiger partial charge in [-0.2, -0.15) is 0 Å². The van der Waals surface area contributed by atoms with Crippen molar-refractivity contribution in [1.29, 1.82) is 0 Å². The molecule has 21 heavy (non-hydrogen) atoms. The van der Waals surface area contributed by atoms with E-state index in [-0.39, 0.29) is 0 Å². The van der Waals surface area contributed by atoms with E-state index < -0.39 is 23.5 Å². The first kappa shape index (κ1) is 15.6. The van der Waals surface area contributed by atoms with Gasteiger partial charge in [0.15, 0.2) is 11.6 Å². The molecule has 0 aliphatic carbocycles. The Bertz CT molecular complexity index is 697. The summed E-state index contributed by atoms with van der Waals surface area (Å²) in [6.07, 6.45) is 0. The molecular formula is C14H11BrClFN2O2. The van der Waals surface area contributed by atoms with Gasteiger partial charge < -0.3 is 16.2 Å². The molecule has 0 saturated carbocycles. The summed E-state index contributed by atoms with van der Waals surface area (Å²) in [7, 11) is 0. The minimum Gasteiger partial charge on any atom is -0.505 e. The average Bonchev–Trinajstić information content (AvgIpc) is 2.43. The number of phenolic OH excluding ortho intramolecular Hbond substituents is 1. The van der Waals surface area contributed by atoms with Crippen LogP contribution >= 0.6 is 27.5 Å². The molecule has 2 aromatic rings. The zero-order valence-electron chi connectivity index (χ0n) is 10.6. The third kappa shape index (κ3) is 3.65. The molecule has 0 heterocycles. The normalized spacial score (nSPS) is 12.0. The molecular weight excluding hydrogens is 363 g/mol. The van der Waals surface area contributed by atoms with Crippen LogP contribution in [0.15, 0.2) is 40.9 Å². The number of benzene rings is 2. The maximum Gasteiger partial charge on any atom is 0.244 e. The number of aromatic hydroxyl groups is 1. The van der Waals surface area contributed by atoms with Gasteiger partial charge in [0.05, 0.1) is 5.02 Å². The summed E-state index contributed by atoms with van der Waals surface area (Å²) in [6, 6.07) is 7.69. The lowest BCUT2D eigenvalue weighted by Crippen LogP contribution is -2.27. The SMILES string of the molecule is NC(=O)C(Nc1ccc(Cl)c(Br)c1)c1ccc(O)c(F)c1. The maximum absolute atomic E-state index is 13.4. The van der Waals surface area contributed by atoms with E-state index in [0.717, 1.165) is 6.07 Å². The topological polar surface area (TPSA) is 75.4 Å². The van der Waals surface area contributed by atoms with Crippen molar-refractivity contribution in [1.82, 2.24) is 0 Å². The lowest BCUT2D eigenvalue weighted by atomic mass is 10.1. The molecule has 0 aliphatic heterocycles. The standard InChI is InChI=1S/C14H11BrClFN2O2/c15-9-6-8(2-3-10(9)16)19-13(14(18)21)7-1-4-12(20)11(17)5-7/h1-6,13,19-20H,(H2,18,21). The van der Waals surface area contributed by atoms with Crippen molar-refractivity contribution in [2.45, 2.75) is 6.04 Å². The Balaban J connectivity index is 2.32. The minimum atomic E-state index is -0.937. The number of halogens is 3. The second kappa shape index (κ2) is 6.32. The number of carbonyl (C=O) groups is 1. The van der Waals surface area contributed by atoms with Gasteiger partial charge in [-0.3, -0.25) is 4.79 Å². The second-order valence-corrected chi connectivity index (χ2v) is 5.58. The number of anilines is 1. The van der Waals surface area contributed by atoms with Crippen LogP contribution in [0.3, 0.4) is 0 Å². The Labute approximate surface area is 133 Å². The lowest BCUT2D eigenvalue weighted by Gasteiger charge is -2.18. The van der Waals surface area contributed by atoms with Crippen LogP contribution < -0.4 is 11.1 Å². The molecule has 4 nitrogen and oxygen atoms in total. The van der Waals surface area contributed by atoms with Crippen LogP contribution in [0.4, 0.5) is 10.1 Å². The van der Waals surface area contributed by atoms with Crippen molar-refractivity contribution < 1.29 is 14.3 Å². The third-order valence-electron chi connectivity index (χ3n) is 2.82. The highest BCUT2D eigenvalue weighted by Gasteiger charge is 2.19. The fourth-order valence-electron chi connectivity index (χ4n) is 1.77. The van der Waals surface area contributed by atoms with Crippen LogP contribution in [0.25, 0.3) is 0 Å². The molecule has 7 heteroatoms. The summed E-state index contributed by atoms with van der Waals surface area (Å²) in [5, 5.41) is 12.6. The number of hydrogen-bond donors (Lipinski definition) is 3. The van der Waals surface area contributed by atoms with E-state index >= 15 is 0 Å². The van der Waals surface area contributed by atoms with Crippen LogP contribution in [-0.2, 0) is 4.79 Å². The predicted octanol–water partition coefficient (Wildman–Crippen LogP) is 3.59. The molecule has 1 unspecified atom stereocenters. The van der Waals surface area contributed by atoms with Crippen LogP contribution in [0.2, 0.25) is 5.02 Å². The molecule has 1 amide bonds. The monoisotopic (exact) mass is 372 g/mol. The van der Waals surface area contributed by atoms with E-state index in [1.807, 2.05) is 0 Å². The first-order chi connectivity index (χ1) is 9.88. The molecule has 1 atom stereocenters. The molecule has 4 N–H and O–H groups in total. The summed E-state index contributed by atoms with van der Waals surface area (Å²) >= 11 is 9.16. The number of amides is 1. The van der Waals surface area contributed by atoms with E-state index in [2.05, 4.69) is 21.2 Å². The van der Waals surface area contributed by atoms with Crippen molar-refractivity contribution in [3.05, 3.63) is 57.3 Å². The van der Waals surface area contributed by atoms with Gasteiger partial charge in [0.1, 0.15) is 6.04 Å². The zero-order valence-corrected chi connectivity index (χ0v) is 13.0. The maximum atomic E-state index is 13.4. The van der Waals surface area contributed by atoms with Crippen LogP contribution in [0.5, 0.6) is 5.75 Å². The molecule has 0 bridgehead atoms. The fourth-order valence-corrected chi connectivity index (χ4v) is 2.27. The van der Waals surface area contributed by atoms with Gasteiger partial charge in [-0.1, -0.05) is 17.7 Å². The van der Waals surface area contributed by atoms with Crippen molar-refractivity contribution in [2.24, 2.45) is 5.73 Å². The van der Waals surface area contributed by atoms with Gasteiger partial charge in [0.25, 0.3) is 0 Å². The van der Waals surface area contributed by atoms with Gasteiger partial charge in [-0.25, -0.2) is 4.39 Å².